The number of nitrogens with two attached hydrogens (primary N) is 1. The molecule has 146 valence electrons. The first-order valence-electron chi connectivity index (χ1n) is 9.38. The Morgan fingerprint density at radius 1 is 1.35 bits per heavy atom. The quantitative estimate of drug-likeness (QED) is 0.600. The lowest BCUT2D eigenvalue weighted by Crippen LogP contribution is -2.52. The fraction of sp³-hybridized carbons (Fsp3) is 0.684. The summed E-state index contributed by atoms with van der Waals surface area (Å²) in [5.74, 6) is 0.867. The Morgan fingerprint density at radius 2 is 2.00 bits per heavy atom. The zero-order valence-corrected chi connectivity index (χ0v) is 16.3. The molecule has 0 spiro atoms. The third-order valence-electron chi connectivity index (χ3n) is 5.05. The van der Waals surface area contributed by atoms with Gasteiger partial charge in [-0.1, -0.05) is 32.1 Å². The molecule has 6 nitrogen and oxygen atoms in total. The number of aliphatic hydroxyl groups excluding tert-OH is 1. The first-order chi connectivity index (χ1) is 12.5. The SMILES string of the molecule is CSC[C@H](N)C(=O)N[C@@H](CC1CCCCC1)[C@@H](O)Cn1ccc(=O)cc1. The van der Waals surface area contributed by atoms with Crippen LogP contribution in [0.2, 0.25) is 0 Å². The molecule has 1 fully saturated rings. The Bertz CT molecular complexity index is 596. The molecule has 0 aliphatic heterocycles. The number of amides is 1. The van der Waals surface area contributed by atoms with Gasteiger partial charge in [-0.2, -0.15) is 11.8 Å². The molecule has 0 saturated heterocycles. The first-order valence-corrected chi connectivity index (χ1v) is 10.8. The van der Waals surface area contributed by atoms with Crippen LogP contribution >= 0.6 is 11.8 Å². The summed E-state index contributed by atoms with van der Waals surface area (Å²) in [4.78, 5) is 23.6. The van der Waals surface area contributed by atoms with E-state index in [4.69, 9.17) is 5.73 Å². The van der Waals surface area contributed by atoms with E-state index in [-0.39, 0.29) is 17.4 Å². The van der Waals surface area contributed by atoms with Gasteiger partial charge in [0.1, 0.15) is 0 Å². The van der Waals surface area contributed by atoms with E-state index in [1.54, 1.807) is 17.0 Å². The van der Waals surface area contributed by atoms with Crippen molar-refractivity contribution in [2.75, 3.05) is 12.0 Å². The number of nitrogens with one attached hydrogen (secondary N) is 1. The van der Waals surface area contributed by atoms with Gasteiger partial charge >= 0.3 is 0 Å². The van der Waals surface area contributed by atoms with E-state index in [1.807, 2.05) is 6.26 Å². The van der Waals surface area contributed by atoms with Crippen LogP contribution in [0.15, 0.2) is 29.3 Å². The second-order valence-electron chi connectivity index (χ2n) is 7.21. The highest BCUT2D eigenvalue weighted by atomic mass is 32.2. The maximum atomic E-state index is 12.4. The van der Waals surface area contributed by atoms with E-state index >= 15 is 0 Å². The summed E-state index contributed by atoms with van der Waals surface area (Å²) in [6, 6.07) is 2.03. The minimum Gasteiger partial charge on any atom is -0.389 e. The fourth-order valence-electron chi connectivity index (χ4n) is 3.55. The summed E-state index contributed by atoms with van der Waals surface area (Å²) in [5, 5.41) is 13.7. The highest BCUT2D eigenvalue weighted by molar-refractivity contribution is 7.98. The number of thioether (sulfide) groups is 1. The molecule has 26 heavy (non-hydrogen) atoms. The van der Waals surface area contributed by atoms with Crippen molar-refractivity contribution >= 4 is 17.7 Å². The van der Waals surface area contributed by atoms with Crippen molar-refractivity contribution in [2.45, 2.75) is 63.3 Å². The van der Waals surface area contributed by atoms with Crippen LogP contribution < -0.4 is 16.5 Å². The van der Waals surface area contributed by atoms with Gasteiger partial charge in [0.2, 0.25) is 5.91 Å². The van der Waals surface area contributed by atoms with Crippen molar-refractivity contribution in [3.8, 4) is 0 Å². The summed E-state index contributed by atoms with van der Waals surface area (Å²) < 4.78 is 1.77. The smallest absolute Gasteiger partial charge is 0.238 e. The van der Waals surface area contributed by atoms with E-state index < -0.39 is 12.1 Å². The third kappa shape index (κ3) is 6.78. The number of hydrogen-bond acceptors (Lipinski definition) is 5. The van der Waals surface area contributed by atoms with Crippen LogP contribution in [0.1, 0.15) is 38.5 Å². The van der Waals surface area contributed by atoms with Gasteiger partial charge in [0, 0.05) is 30.3 Å². The second kappa shape index (κ2) is 10.7. The molecule has 0 unspecified atom stereocenters. The van der Waals surface area contributed by atoms with Crippen LogP contribution in [0.5, 0.6) is 0 Å². The van der Waals surface area contributed by atoms with E-state index in [9.17, 15) is 14.7 Å². The third-order valence-corrected chi connectivity index (χ3v) is 5.74. The minimum absolute atomic E-state index is 0.0640. The van der Waals surface area contributed by atoms with Crippen LogP contribution in [0.3, 0.4) is 0 Å². The van der Waals surface area contributed by atoms with Crippen molar-refractivity contribution in [3.63, 3.8) is 0 Å². The predicted octanol–water partition coefficient (Wildman–Crippen LogP) is 1.35. The van der Waals surface area contributed by atoms with Crippen molar-refractivity contribution in [2.24, 2.45) is 11.7 Å². The molecular formula is C19H31N3O3S. The second-order valence-corrected chi connectivity index (χ2v) is 8.13. The molecular weight excluding hydrogens is 350 g/mol. The van der Waals surface area contributed by atoms with Crippen LogP contribution in [-0.4, -0.2) is 45.8 Å². The van der Waals surface area contributed by atoms with Crippen molar-refractivity contribution in [1.29, 1.82) is 0 Å². The molecule has 1 saturated carbocycles. The number of carbonyl (C=O) groups is 1. The average molecular weight is 382 g/mol. The molecule has 3 atom stereocenters. The lowest BCUT2D eigenvalue weighted by molar-refractivity contribution is -0.123. The summed E-state index contributed by atoms with van der Waals surface area (Å²) in [6.07, 6.45) is 11.3. The number of hydrogen-bond donors (Lipinski definition) is 3. The van der Waals surface area contributed by atoms with Gasteiger partial charge in [-0.05, 0) is 18.6 Å². The number of aromatic nitrogens is 1. The molecule has 1 aliphatic rings. The van der Waals surface area contributed by atoms with Crippen LogP contribution in [0.4, 0.5) is 0 Å². The Kier molecular flexibility index (Phi) is 8.68. The monoisotopic (exact) mass is 381 g/mol. The van der Waals surface area contributed by atoms with Crippen LogP contribution in [0, 0.1) is 5.92 Å². The lowest BCUT2D eigenvalue weighted by atomic mass is 9.83. The average Bonchev–Trinajstić information content (AvgIpc) is 2.64. The fourth-order valence-corrected chi connectivity index (χ4v) is 4.06. The van der Waals surface area contributed by atoms with E-state index in [2.05, 4.69) is 5.32 Å². The highest BCUT2D eigenvalue weighted by Gasteiger charge is 2.27. The number of carbonyl (C=O) groups excluding carboxylic acids is 1. The van der Waals surface area contributed by atoms with Crippen molar-refractivity contribution < 1.29 is 9.90 Å². The van der Waals surface area contributed by atoms with Crippen LogP contribution in [0.25, 0.3) is 0 Å². The van der Waals surface area contributed by atoms with Crippen LogP contribution in [-0.2, 0) is 11.3 Å². The molecule has 1 amide bonds. The summed E-state index contributed by atoms with van der Waals surface area (Å²) >= 11 is 1.53. The Labute approximate surface area is 159 Å². The molecule has 0 bridgehead atoms. The number of rotatable bonds is 9. The minimum atomic E-state index is -0.732. The van der Waals surface area contributed by atoms with Gasteiger partial charge < -0.3 is 20.7 Å². The van der Waals surface area contributed by atoms with Gasteiger partial charge in [0.25, 0.3) is 0 Å². The molecule has 2 rings (SSSR count). The number of pyridine rings is 1. The van der Waals surface area contributed by atoms with Gasteiger partial charge in [-0.15, -0.1) is 0 Å². The Hall–Kier alpha value is -1.31. The van der Waals surface area contributed by atoms with Gasteiger partial charge in [-0.3, -0.25) is 9.59 Å². The van der Waals surface area contributed by atoms with Gasteiger partial charge in [0.15, 0.2) is 5.43 Å². The topological polar surface area (TPSA) is 97.3 Å². The number of nitrogens with zero attached hydrogens (tertiary/aromatic N) is 1. The lowest BCUT2D eigenvalue weighted by Gasteiger charge is -2.31. The predicted molar refractivity (Wildman–Crippen MR) is 106 cm³/mol. The normalized spacial score (nSPS) is 18.9. The summed E-state index contributed by atoms with van der Waals surface area (Å²) in [6.45, 7) is 0.329. The molecule has 1 aromatic heterocycles. The summed E-state index contributed by atoms with van der Waals surface area (Å²) in [5.41, 5.74) is 5.86. The van der Waals surface area contributed by atoms with E-state index in [0.29, 0.717) is 18.2 Å². The standard InChI is InChI=1S/C19H31N3O3S/c1-26-13-16(20)19(25)21-17(11-14-5-3-2-4-6-14)18(24)12-22-9-7-15(23)8-10-22/h7-10,14,16-18,24H,2-6,11-13,20H2,1H3,(H,21,25)/t16-,17-,18-/m0/s1. The Balaban J connectivity index is 2.03. The molecule has 4 N–H and O–H groups in total. The van der Waals surface area contributed by atoms with Gasteiger partial charge in [-0.25, -0.2) is 0 Å². The zero-order valence-electron chi connectivity index (χ0n) is 15.5. The molecule has 0 aromatic carbocycles. The molecule has 1 heterocycles. The maximum absolute atomic E-state index is 12.4. The maximum Gasteiger partial charge on any atom is 0.238 e. The first kappa shape index (κ1) is 21.0. The van der Waals surface area contributed by atoms with Crippen molar-refractivity contribution in [3.05, 3.63) is 34.7 Å². The largest absolute Gasteiger partial charge is 0.389 e. The number of aliphatic hydroxyl groups is 1. The molecule has 1 aromatic rings. The highest BCUT2D eigenvalue weighted by Crippen LogP contribution is 2.28. The van der Waals surface area contributed by atoms with E-state index in [1.165, 1.54) is 43.2 Å². The van der Waals surface area contributed by atoms with Gasteiger partial charge in [0.05, 0.1) is 24.7 Å². The Morgan fingerprint density at radius 3 is 2.62 bits per heavy atom. The zero-order chi connectivity index (χ0) is 18.9. The molecule has 0 radical (unpaired) electrons. The molecule has 7 heteroatoms. The molecule has 1 aliphatic carbocycles. The van der Waals surface area contributed by atoms with E-state index in [0.717, 1.165) is 19.3 Å². The summed E-state index contributed by atoms with van der Waals surface area (Å²) in [7, 11) is 0. The van der Waals surface area contributed by atoms with Crippen molar-refractivity contribution in [1.82, 2.24) is 9.88 Å².